The number of hydrogen-bond donors (Lipinski definition) is 0. The number of benzene rings is 1. The number of piperazine rings is 1. The quantitative estimate of drug-likeness (QED) is 0.739. The number of hydrogen-bond acceptors (Lipinski definition) is 4. The second-order valence-electron chi connectivity index (χ2n) is 7.25. The summed E-state index contributed by atoms with van der Waals surface area (Å²) in [7, 11) is 0. The highest BCUT2D eigenvalue weighted by Crippen LogP contribution is 2.31. The van der Waals surface area contributed by atoms with Gasteiger partial charge in [-0.25, -0.2) is 4.79 Å². The van der Waals surface area contributed by atoms with Crippen molar-refractivity contribution in [2.75, 3.05) is 39.4 Å². The van der Waals surface area contributed by atoms with Crippen LogP contribution in [0.4, 0.5) is 4.79 Å². The summed E-state index contributed by atoms with van der Waals surface area (Å²) < 4.78 is 11.5. The fourth-order valence-corrected chi connectivity index (χ4v) is 3.16. The van der Waals surface area contributed by atoms with Gasteiger partial charge >= 0.3 is 6.09 Å². The van der Waals surface area contributed by atoms with Crippen LogP contribution in [0, 0.1) is 0 Å². The molecular weight excluding hydrogens is 400 g/mol. The Balaban J connectivity index is 1.85. The summed E-state index contributed by atoms with van der Waals surface area (Å²) in [6.07, 6.45) is -0.321. The van der Waals surface area contributed by atoms with Crippen LogP contribution in [-0.2, 0) is 14.9 Å². The van der Waals surface area contributed by atoms with Gasteiger partial charge < -0.3 is 19.3 Å². The maximum Gasteiger partial charge on any atom is 0.409 e. The molecule has 1 aliphatic heterocycles. The number of carbonyl (C=O) groups is 2. The van der Waals surface area contributed by atoms with E-state index >= 15 is 0 Å². The molecule has 1 saturated heterocycles. The summed E-state index contributed by atoms with van der Waals surface area (Å²) in [5.74, 6) is 0.566. The molecule has 1 aromatic carbocycles. The minimum Gasteiger partial charge on any atom is -0.483 e. The molecule has 7 heteroatoms. The van der Waals surface area contributed by atoms with Gasteiger partial charge in [0.15, 0.2) is 6.61 Å². The number of carbonyl (C=O) groups excluding carboxylic acids is 2. The first-order valence-corrected chi connectivity index (χ1v) is 9.64. The molecule has 0 radical (unpaired) electrons. The summed E-state index contributed by atoms with van der Waals surface area (Å²) in [5.41, 5.74) is 1.24. The standard InChI is InChI=1S/C19H27BrN2O4/c1-5-25-18(24)22-10-8-21(9-11-22)17(23)13-26-16-7-6-14(12-15(16)20)19(2,3)4/h6-7,12H,5,8-11,13H2,1-4H3. The first-order valence-electron chi connectivity index (χ1n) is 8.84. The maximum atomic E-state index is 12.4. The van der Waals surface area contributed by atoms with Crippen LogP contribution >= 0.6 is 15.9 Å². The van der Waals surface area contributed by atoms with E-state index in [2.05, 4.69) is 36.7 Å². The first-order chi connectivity index (χ1) is 12.2. The number of halogens is 1. The van der Waals surface area contributed by atoms with Crippen molar-refractivity contribution >= 4 is 27.9 Å². The molecule has 144 valence electrons. The second kappa shape index (κ2) is 8.75. The fraction of sp³-hybridized carbons (Fsp3) is 0.579. The number of ether oxygens (including phenoxy) is 2. The van der Waals surface area contributed by atoms with Crippen molar-refractivity contribution < 1.29 is 19.1 Å². The average molecular weight is 427 g/mol. The topological polar surface area (TPSA) is 59.1 Å². The van der Waals surface area contributed by atoms with E-state index in [0.717, 1.165) is 4.47 Å². The third-order valence-electron chi connectivity index (χ3n) is 4.31. The molecule has 0 atom stereocenters. The van der Waals surface area contributed by atoms with Gasteiger partial charge in [-0.3, -0.25) is 4.79 Å². The minimum atomic E-state index is -0.321. The van der Waals surface area contributed by atoms with E-state index in [1.54, 1.807) is 16.7 Å². The van der Waals surface area contributed by atoms with Gasteiger partial charge in [0.25, 0.3) is 5.91 Å². The Morgan fingerprint density at radius 2 is 1.73 bits per heavy atom. The van der Waals surface area contributed by atoms with Crippen molar-refractivity contribution in [2.45, 2.75) is 33.1 Å². The van der Waals surface area contributed by atoms with E-state index < -0.39 is 0 Å². The minimum absolute atomic E-state index is 0.0210. The van der Waals surface area contributed by atoms with E-state index in [1.807, 2.05) is 18.2 Å². The molecule has 1 heterocycles. The van der Waals surface area contributed by atoms with Gasteiger partial charge in [0.1, 0.15) is 5.75 Å². The molecule has 1 aliphatic rings. The van der Waals surface area contributed by atoms with Crippen molar-refractivity contribution in [3.8, 4) is 5.75 Å². The second-order valence-corrected chi connectivity index (χ2v) is 8.10. The Morgan fingerprint density at radius 1 is 1.12 bits per heavy atom. The molecule has 1 aromatic rings. The van der Waals surface area contributed by atoms with Crippen LogP contribution in [-0.4, -0.2) is 61.2 Å². The highest BCUT2D eigenvalue weighted by Gasteiger charge is 2.25. The molecule has 0 bridgehead atoms. The predicted molar refractivity (Wildman–Crippen MR) is 104 cm³/mol. The molecule has 26 heavy (non-hydrogen) atoms. The highest BCUT2D eigenvalue weighted by molar-refractivity contribution is 9.10. The SMILES string of the molecule is CCOC(=O)N1CCN(C(=O)COc2ccc(C(C)(C)C)cc2Br)CC1. The molecule has 2 rings (SSSR count). The zero-order valence-electron chi connectivity index (χ0n) is 15.9. The van der Waals surface area contributed by atoms with Gasteiger partial charge in [-0.1, -0.05) is 26.8 Å². The van der Waals surface area contributed by atoms with Crippen LogP contribution < -0.4 is 4.74 Å². The lowest BCUT2D eigenvalue weighted by Crippen LogP contribution is -2.51. The molecule has 6 nitrogen and oxygen atoms in total. The molecule has 2 amide bonds. The van der Waals surface area contributed by atoms with Gasteiger partial charge in [0.05, 0.1) is 11.1 Å². The Hall–Kier alpha value is -1.76. The Labute approximate surface area is 163 Å². The molecule has 0 aliphatic carbocycles. The lowest BCUT2D eigenvalue weighted by Gasteiger charge is -2.34. The van der Waals surface area contributed by atoms with Crippen molar-refractivity contribution in [3.05, 3.63) is 28.2 Å². The molecule has 0 spiro atoms. The largest absolute Gasteiger partial charge is 0.483 e. The Kier molecular flexibility index (Phi) is 6.92. The molecule has 0 aromatic heterocycles. The van der Waals surface area contributed by atoms with Gasteiger partial charge in [0.2, 0.25) is 0 Å². The number of nitrogens with zero attached hydrogens (tertiary/aromatic N) is 2. The van der Waals surface area contributed by atoms with Crippen LogP contribution in [0.3, 0.4) is 0 Å². The van der Waals surface area contributed by atoms with Crippen molar-refractivity contribution in [2.24, 2.45) is 0 Å². The summed E-state index contributed by atoms with van der Waals surface area (Å²) in [4.78, 5) is 27.4. The van der Waals surface area contributed by atoms with E-state index in [1.165, 1.54) is 5.56 Å². The molecular formula is C19H27BrN2O4. The van der Waals surface area contributed by atoms with Crippen LogP contribution in [0.25, 0.3) is 0 Å². The smallest absolute Gasteiger partial charge is 0.409 e. The zero-order valence-corrected chi connectivity index (χ0v) is 17.5. The lowest BCUT2D eigenvalue weighted by molar-refractivity contribution is -0.135. The van der Waals surface area contributed by atoms with E-state index in [4.69, 9.17) is 9.47 Å². The van der Waals surface area contributed by atoms with Crippen LogP contribution in [0.15, 0.2) is 22.7 Å². The fourth-order valence-electron chi connectivity index (χ4n) is 2.67. The zero-order chi connectivity index (χ0) is 19.3. The summed E-state index contributed by atoms with van der Waals surface area (Å²) >= 11 is 3.52. The van der Waals surface area contributed by atoms with Crippen LogP contribution in [0.1, 0.15) is 33.3 Å². The van der Waals surface area contributed by atoms with Crippen LogP contribution in [0.2, 0.25) is 0 Å². The molecule has 0 unspecified atom stereocenters. The third kappa shape index (κ3) is 5.37. The van der Waals surface area contributed by atoms with Crippen molar-refractivity contribution in [1.29, 1.82) is 0 Å². The molecule has 1 fully saturated rings. The van der Waals surface area contributed by atoms with Gasteiger partial charge in [-0.2, -0.15) is 0 Å². The first kappa shape index (κ1) is 20.6. The Bertz CT molecular complexity index is 649. The average Bonchev–Trinajstić information content (AvgIpc) is 2.60. The van der Waals surface area contributed by atoms with Gasteiger partial charge in [-0.05, 0) is 46.0 Å². The van der Waals surface area contributed by atoms with E-state index in [9.17, 15) is 9.59 Å². The van der Waals surface area contributed by atoms with Crippen molar-refractivity contribution in [3.63, 3.8) is 0 Å². The lowest BCUT2D eigenvalue weighted by atomic mass is 9.87. The maximum absolute atomic E-state index is 12.4. The Morgan fingerprint density at radius 3 is 2.27 bits per heavy atom. The third-order valence-corrected chi connectivity index (χ3v) is 4.93. The van der Waals surface area contributed by atoms with Crippen molar-refractivity contribution in [1.82, 2.24) is 9.80 Å². The predicted octanol–water partition coefficient (Wildman–Crippen LogP) is 3.43. The van der Waals surface area contributed by atoms with Gasteiger partial charge in [0, 0.05) is 26.2 Å². The van der Waals surface area contributed by atoms with E-state index in [-0.39, 0.29) is 24.0 Å². The molecule has 0 N–H and O–H groups in total. The normalized spacial score (nSPS) is 15.0. The monoisotopic (exact) mass is 426 g/mol. The van der Waals surface area contributed by atoms with Crippen LogP contribution in [0.5, 0.6) is 5.75 Å². The van der Waals surface area contributed by atoms with E-state index in [0.29, 0.717) is 38.5 Å². The number of amides is 2. The summed E-state index contributed by atoms with van der Waals surface area (Å²) in [6, 6.07) is 5.93. The molecule has 0 saturated carbocycles. The summed E-state index contributed by atoms with van der Waals surface area (Å²) in [5, 5.41) is 0. The summed E-state index contributed by atoms with van der Waals surface area (Å²) in [6.45, 7) is 10.5. The number of rotatable bonds is 4. The van der Waals surface area contributed by atoms with Gasteiger partial charge in [-0.15, -0.1) is 0 Å². The highest BCUT2D eigenvalue weighted by atomic mass is 79.9.